The van der Waals surface area contributed by atoms with Gasteiger partial charge in [0.2, 0.25) is 10.0 Å². The van der Waals surface area contributed by atoms with Crippen LogP contribution in [-0.4, -0.2) is 35.4 Å². The van der Waals surface area contributed by atoms with Crippen LogP contribution in [0.15, 0.2) is 59.8 Å². The molecule has 28 heavy (non-hydrogen) atoms. The Kier molecular flexibility index (Phi) is 5.27. The Balaban J connectivity index is 1.64. The van der Waals surface area contributed by atoms with Gasteiger partial charge in [0.05, 0.1) is 4.90 Å². The topological polar surface area (TPSA) is 55.2 Å². The SMILES string of the molecule is CCCn1cc(C2=CCN(S(=O)(=O)c3cccc(Cl)c3)CC2)c2cccnc21. The van der Waals surface area contributed by atoms with Gasteiger partial charge in [-0.15, -0.1) is 0 Å². The number of nitrogens with zero attached hydrogens (tertiary/aromatic N) is 3. The fourth-order valence-corrected chi connectivity index (χ4v) is 5.36. The fraction of sp³-hybridized carbons (Fsp3) is 0.286. The third-order valence-electron chi connectivity index (χ3n) is 5.05. The predicted molar refractivity (Wildman–Crippen MR) is 113 cm³/mol. The minimum atomic E-state index is -3.55. The van der Waals surface area contributed by atoms with E-state index in [1.807, 2.05) is 18.3 Å². The fourth-order valence-electron chi connectivity index (χ4n) is 3.68. The zero-order chi connectivity index (χ0) is 19.7. The molecule has 0 atom stereocenters. The van der Waals surface area contributed by atoms with Crippen molar-refractivity contribution in [2.75, 3.05) is 13.1 Å². The molecule has 0 aliphatic carbocycles. The number of rotatable bonds is 5. The Morgan fingerprint density at radius 2 is 2.07 bits per heavy atom. The van der Waals surface area contributed by atoms with Crippen molar-refractivity contribution in [1.82, 2.24) is 13.9 Å². The number of halogens is 1. The van der Waals surface area contributed by atoms with Gasteiger partial charge in [0.15, 0.2) is 0 Å². The monoisotopic (exact) mass is 415 g/mol. The van der Waals surface area contributed by atoms with Crippen molar-refractivity contribution in [2.24, 2.45) is 0 Å². The average molecular weight is 416 g/mol. The van der Waals surface area contributed by atoms with Crippen LogP contribution in [0.4, 0.5) is 0 Å². The molecule has 0 saturated heterocycles. The van der Waals surface area contributed by atoms with Gasteiger partial charge in [-0.1, -0.05) is 30.7 Å². The lowest BCUT2D eigenvalue weighted by Gasteiger charge is -2.26. The largest absolute Gasteiger partial charge is 0.332 e. The molecule has 0 unspecified atom stereocenters. The molecule has 0 saturated carbocycles. The molecule has 1 aromatic carbocycles. The number of fused-ring (bicyclic) bond motifs is 1. The maximum Gasteiger partial charge on any atom is 0.243 e. The third kappa shape index (κ3) is 3.48. The first-order valence-electron chi connectivity index (χ1n) is 9.39. The minimum Gasteiger partial charge on any atom is -0.332 e. The highest BCUT2D eigenvalue weighted by Crippen LogP contribution is 2.32. The molecule has 0 N–H and O–H groups in total. The van der Waals surface area contributed by atoms with Crippen molar-refractivity contribution in [2.45, 2.75) is 31.2 Å². The maximum absolute atomic E-state index is 12.9. The summed E-state index contributed by atoms with van der Waals surface area (Å²) in [6, 6.07) is 10.5. The van der Waals surface area contributed by atoms with Crippen molar-refractivity contribution in [3.8, 4) is 0 Å². The van der Waals surface area contributed by atoms with Crippen LogP contribution in [0.1, 0.15) is 25.3 Å². The van der Waals surface area contributed by atoms with Gasteiger partial charge in [-0.25, -0.2) is 13.4 Å². The summed E-state index contributed by atoms with van der Waals surface area (Å²) in [5.74, 6) is 0. The van der Waals surface area contributed by atoms with Crippen molar-refractivity contribution in [3.63, 3.8) is 0 Å². The van der Waals surface area contributed by atoms with Crippen LogP contribution in [0, 0.1) is 0 Å². The Morgan fingerprint density at radius 3 is 2.79 bits per heavy atom. The van der Waals surface area contributed by atoms with Gasteiger partial charge in [-0.3, -0.25) is 0 Å². The number of aromatic nitrogens is 2. The first-order chi connectivity index (χ1) is 13.5. The molecule has 0 spiro atoms. The summed E-state index contributed by atoms with van der Waals surface area (Å²) in [4.78, 5) is 4.77. The highest BCUT2D eigenvalue weighted by atomic mass is 35.5. The van der Waals surface area contributed by atoms with E-state index in [1.54, 1.807) is 18.2 Å². The van der Waals surface area contributed by atoms with Crippen LogP contribution in [0.2, 0.25) is 5.02 Å². The molecule has 3 heterocycles. The van der Waals surface area contributed by atoms with E-state index in [4.69, 9.17) is 11.6 Å². The van der Waals surface area contributed by atoms with Gasteiger partial charge in [0.1, 0.15) is 5.65 Å². The first-order valence-corrected chi connectivity index (χ1v) is 11.2. The quantitative estimate of drug-likeness (QED) is 0.613. The van der Waals surface area contributed by atoms with Gasteiger partial charge in [-0.2, -0.15) is 4.31 Å². The van der Waals surface area contributed by atoms with Crippen LogP contribution in [0.25, 0.3) is 16.6 Å². The zero-order valence-corrected chi connectivity index (χ0v) is 17.2. The molecule has 1 aliphatic heterocycles. The van der Waals surface area contributed by atoms with E-state index in [0.717, 1.165) is 29.6 Å². The van der Waals surface area contributed by atoms with Crippen LogP contribution >= 0.6 is 11.6 Å². The second kappa shape index (κ2) is 7.70. The number of aryl methyl sites for hydroxylation is 1. The van der Waals surface area contributed by atoms with E-state index < -0.39 is 10.0 Å². The van der Waals surface area contributed by atoms with E-state index in [9.17, 15) is 8.42 Å². The van der Waals surface area contributed by atoms with E-state index in [1.165, 1.54) is 15.9 Å². The number of hydrogen-bond donors (Lipinski definition) is 0. The summed E-state index contributed by atoms with van der Waals surface area (Å²) < 4.78 is 29.5. The Morgan fingerprint density at radius 1 is 1.21 bits per heavy atom. The average Bonchev–Trinajstić information content (AvgIpc) is 3.07. The molecule has 0 amide bonds. The molecule has 5 nitrogen and oxygen atoms in total. The Hall–Kier alpha value is -2.15. The molecule has 146 valence electrons. The highest BCUT2D eigenvalue weighted by Gasteiger charge is 2.27. The van der Waals surface area contributed by atoms with Crippen LogP contribution in [-0.2, 0) is 16.6 Å². The first kappa shape index (κ1) is 19.2. The van der Waals surface area contributed by atoms with Crippen molar-refractivity contribution in [3.05, 3.63) is 65.5 Å². The summed E-state index contributed by atoms with van der Waals surface area (Å²) in [7, 11) is -3.55. The molecule has 0 bridgehead atoms. The molecule has 7 heteroatoms. The third-order valence-corrected chi connectivity index (χ3v) is 7.15. The normalized spacial score (nSPS) is 15.7. The minimum absolute atomic E-state index is 0.237. The Bertz CT molecular complexity index is 1150. The summed E-state index contributed by atoms with van der Waals surface area (Å²) in [6.07, 6.45) is 7.68. The van der Waals surface area contributed by atoms with Crippen LogP contribution < -0.4 is 0 Å². The summed E-state index contributed by atoms with van der Waals surface area (Å²) >= 11 is 5.97. The van der Waals surface area contributed by atoms with Gasteiger partial charge in [0.25, 0.3) is 0 Å². The molecule has 1 aliphatic rings. The van der Waals surface area contributed by atoms with E-state index in [2.05, 4.69) is 28.7 Å². The van der Waals surface area contributed by atoms with Gasteiger partial charge < -0.3 is 4.57 Å². The maximum atomic E-state index is 12.9. The molecule has 4 rings (SSSR count). The summed E-state index contributed by atoms with van der Waals surface area (Å²) in [6.45, 7) is 3.86. The summed E-state index contributed by atoms with van der Waals surface area (Å²) in [5, 5.41) is 1.54. The lowest BCUT2D eigenvalue weighted by atomic mass is 10.0. The second-order valence-corrected chi connectivity index (χ2v) is 9.28. The molecule has 0 fully saturated rings. The zero-order valence-electron chi connectivity index (χ0n) is 15.7. The van der Waals surface area contributed by atoms with E-state index in [0.29, 0.717) is 24.5 Å². The number of benzene rings is 1. The molecule has 2 aromatic heterocycles. The highest BCUT2D eigenvalue weighted by molar-refractivity contribution is 7.89. The Labute approximate surface area is 170 Å². The second-order valence-electron chi connectivity index (χ2n) is 6.91. The van der Waals surface area contributed by atoms with Gasteiger partial charge >= 0.3 is 0 Å². The number of sulfonamides is 1. The molecular weight excluding hydrogens is 394 g/mol. The van der Waals surface area contributed by atoms with Crippen molar-refractivity contribution < 1.29 is 8.42 Å². The van der Waals surface area contributed by atoms with Crippen molar-refractivity contribution in [1.29, 1.82) is 0 Å². The van der Waals surface area contributed by atoms with Crippen LogP contribution in [0.5, 0.6) is 0 Å². The van der Waals surface area contributed by atoms with E-state index in [-0.39, 0.29) is 4.90 Å². The molecule has 3 aromatic rings. The predicted octanol–water partition coefficient (Wildman–Crippen LogP) is 4.58. The van der Waals surface area contributed by atoms with Crippen molar-refractivity contribution >= 4 is 38.2 Å². The molecule has 0 radical (unpaired) electrons. The number of hydrogen-bond acceptors (Lipinski definition) is 3. The number of pyridine rings is 1. The lowest BCUT2D eigenvalue weighted by Crippen LogP contribution is -2.34. The van der Waals surface area contributed by atoms with Gasteiger partial charge in [-0.05, 0) is 48.7 Å². The standard InChI is InChI=1S/C21H22ClN3O2S/c1-2-11-24-15-20(19-7-4-10-23-21(19)24)16-8-12-25(13-9-16)28(26,27)18-6-3-5-17(22)14-18/h3-8,10,14-15H,2,9,11-13H2,1H3. The van der Waals surface area contributed by atoms with E-state index >= 15 is 0 Å². The summed E-state index contributed by atoms with van der Waals surface area (Å²) in [5.41, 5.74) is 3.30. The van der Waals surface area contributed by atoms with Crippen LogP contribution in [0.3, 0.4) is 0 Å². The molecular formula is C21H22ClN3O2S. The lowest BCUT2D eigenvalue weighted by molar-refractivity contribution is 0.441. The smallest absolute Gasteiger partial charge is 0.243 e. The van der Waals surface area contributed by atoms with Gasteiger partial charge in [0, 0.05) is 48.0 Å².